The van der Waals surface area contributed by atoms with E-state index in [0.717, 1.165) is 5.56 Å². The third kappa shape index (κ3) is 7.06. The van der Waals surface area contributed by atoms with E-state index in [1.807, 2.05) is 13.0 Å². The summed E-state index contributed by atoms with van der Waals surface area (Å²) in [6.45, 7) is 6.88. The second kappa shape index (κ2) is 9.60. The van der Waals surface area contributed by atoms with Crippen molar-refractivity contribution >= 4 is 35.8 Å². The zero-order valence-corrected chi connectivity index (χ0v) is 15.5. The average molecular weight is 422 g/mol. The van der Waals surface area contributed by atoms with Gasteiger partial charge >= 0.3 is 0 Å². The molecular formula is C15H24FIN4O. The van der Waals surface area contributed by atoms with Gasteiger partial charge < -0.3 is 16.4 Å². The molecular weight excluding hydrogens is 398 g/mol. The molecule has 5 nitrogen and oxygen atoms in total. The van der Waals surface area contributed by atoms with Gasteiger partial charge in [0.2, 0.25) is 5.91 Å². The molecule has 0 aliphatic heterocycles. The maximum absolute atomic E-state index is 13.1. The number of hydrogen-bond acceptors (Lipinski definition) is 2. The quantitative estimate of drug-likeness (QED) is 0.373. The predicted molar refractivity (Wildman–Crippen MR) is 97.6 cm³/mol. The molecule has 0 saturated heterocycles. The number of nitrogens with one attached hydrogen (secondary N) is 2. The molecule has 1 aromatic rings. The van der Waals surface area contributed by atoms with E-state index in [1.54, 1.807) is 19.9 Å². The van der Waals surface area contributed by atoms with Gasteiger partial charge in [-0.15, -0.1) is 24.0 Å². The Morgan fingerprint density at radius 3 is 2.59 bits per heavy atom. The lowest BCUT2D eigenvalue weighted by molar-refractivity contribution is -0.125. The van der Waals surface area contributed by atoms with Crippen LogP contribution in [-0.4, -0.2) is 25.0 Å². The third-order valence-corrected chi connectivity index (χ3v) is 3.02. The number of rotatable bonds is 6. The molecule has 0 unspecified atom stereocenters. The fraction of sp³-hybridized carbons (Fsp3) is 0.467. The van der Waals surface area contributed by atoms with E-state index in [2.05, 4.69) is 15.6 Å². The molecule has 7 heteroatoms. The van der Waals surface area contributed by atoms with Crippen molar-refractivity contribution in [2.75, 3.05) is 13.1 Å². The van der Waals surface area contributed by atoms with Crippen molar-refractivity contribution in [3.63, 3.8) is 0 Å². The zero-order chi connectivity index (χ0) is 15.9. The fourth-order valence-corrected chi connectivity index (χ4v) is 1.54. The highest BCUT2D eigenvalue weighted by molar-refractivity contribution is 14.0. The molecule has 0 atom stereocenters. The minimum absolute atomic E-state index is 0. The van der Waals surface area contributed by atoms with E-state index in [1.165, 1.54) is 12.1 Å². The maximum Gasteiger partial charge on any atom is 0.224 e. The van der Waals surface area contributed by atoms with Crippen LogP contribution in [0.5, 0.6) is 0 Å². The number of carbonyl (C=O) groups is 1. The van der Waals surface area contributed by atoms with E-state index in [9.17, 15) is 9.18 Å². The first-order chi connectivity index (χ1) is 9.85. The Morgan fingerprint density at radius 2 is 2.05 bits per heavy atom. The Hall–Kier alpha value is -1.38. The molecule has 0 aromatic heterocycles. The van der Waals surface area contributed by atoms with Crippen molar-refractivity contribution < 1.29 is 9.18 Å². The van der Waals surface area contributed by atoms with Crippen LogP contribution in [0.25, 0.3) is 0 Å². The Morgan fingerprint density at radius 1 is 1.36 bits per heavy atom. The molecule has 124 valence electrons. The normalized spacial score (nSPS) is 11.5. The molecule has 0 fully saturated rings. The molecule has 4 N–H and O–H groups in total. The number of hydrogen-bond donors (Lipinski definition) is 3. The lowest BCUT2D eigenvalue weighted by Crippen LogP contribution is -2.46. The number of aliphatic imine (C=N–C) groups is 1. The Kier molecular flexibility index (Phi) is 9.00. The summed E-state index contributed by atoms with van der Waals surface area (Å²) in [5.41, 5.74) is 5.44. The summed E-state index contributed by atoms with van der Waals surface area (Å²) >= 11 is 0. The Bertz CT molecular complexity index is 520. The van der Waals surface area contributed by atoms with Gasteiger partial charge in [0.15, 0.2) is 5.96 Å². The summed E-state index contributed by atoms with van der Waals surface area (Å²) < 4.78 is 13.1. The second-order valence-electron chi connectivity index (χ2n) is 5.43. The molecule has 0 aliphatic carbocycles. The average Bonchev–Trinajstić information content (AvgIpc) is 2.42. The fourth-order valence-electron chi connectivity index (χ4n) is 1.54. The molecule has 1 aromatic carbocycles. The van der Waals surface area contributed by atoms with Gasteiger partial charge in [0, 0.05) is 13.1 Å². The monoisotopic (exact) mass is 422 g/mol. The standard InChI is InChI=1S/C15H23FN4O.HI/c1-4-18-14(20-10-15(2,3)13(17)21)19-9-11-6-5-7-12(16)8-11;/h5-8H,4,9-10H2,1-3H3,(H2,17,21)(H2,18,19,20);1H. The largest absolute Gasteiger partial charge is 0.369 e. The van der Waals surface area contributed by atoms with E-state index in [4.69, 9.17) is 5.73 Å². The van der Waals surface area contributed by atoms with Crippen LogP contribution in [0.1, 0.15) is 26.3 Å². The molecule has 22 heavy (non-hydrogen) atoms. The SMILES string of the molecule is CCNC(=NCc1cccc(F)c1)NCC(C)(C)C(N)=O.I. The summed E-state index contributed by atoms with van der Waals surface area (Å²) in [6, 6.07) is 6.30. The number of halogens is 2. The van der Waals surface area contributed by atoms with E-state index in [0.29, 0.717) is 25.6 Å². The van der Waals surface area contributed by atoms with Crippen LogP contribution in [0.2, 0.25) is 0 Å². The van der Waals surface area contributed by atoms with E-state index >= 15 is 0 Å². The third-order valence-electron chi connectivity index (χ3n) is 3.02. The van der Waals surface area contributed by atoms with Crippen molar-refractivity contribution in [1.29, 1.82) is 0 Å². The number of primary amides is 1. The maximum atomic E-state index is 13.1. The van der Waals surface area contributed by atoms with Gasteiger partial charge in [0.05, 0.1) is 12.0 Å². The van der Waals surface area contributed by atoms with Gasteiger partial charge in [-0.3, -0.25) is 4.79 Å². The summed E-state index contributed by atoms with van der Waals surface area (Å²) in [5, 5.41) is 6.14. The first-order valence-corrected chi connectivity index (χ1v) is 6.91. The summed E-state index contributed by atoms with van der Waals surface area (Å²) in [7, 11) is 0. The lowest BCUT2D eigenvalue weighted by Gasteiger charge is -2.22. The van der Waals surface area contributed by atoms with Crippen molar-refractivity contribution in [3.8, 4) is 0 Å². The number of amides is 1. The molecule has 0 radical (unpaired) electrons. The number of nitrogens with two attached hydrogens (primary N) is 1. The van der Waals surface area contributed by atoms with Gasteiger partial charge in [-0.05, 0) is 38.5 Å². The van der Waals surface area contributed by atoms with Crippen LogP contribution in [0.15, 0.2) is 29.3 Å². The predicted octanol–water partition coefficient (Wildman–Crippen LogP) is 2.01. The Balaban J connectivity index is 0.00000441. The van der Waals surface area contributed by atoms with Gasteiger partial charge in [-0.2, -0.15) is 0 Å². The summed E-state index contributed by atoms with van der Waals surface area (Å²) in [5.74, 6) is -0.0948. The molecule has 1 rings (SSSR count). The highest BCUT2D eigenvalue weighted by atomic mass is 127. The van der Waals surface area contributed by atoms with Crippen LogP contribution in [0.3, 0.4) is 0 Å². The number of benzene rings is 1. The minimum atomic E-state index is -0.672. The number of nitrogens with zero attached hydrogens (tertiary/aromatic N) is 1. The highest BCUT2D eigenvalue weighted by Crippen LogP contribution is 2.11. The lowest BCUT2D eigenvalue weighted by atomic mass is 9.93. The van der Waals surface area contributed by atoms with Gasteiger partial charge in [-0.25, -0.2) is 9.38 Å². The van der Waals surface area contributed by atoms with Crippen LogP contribution in [0, 0.1) is 11.2 Å². The molecule has 1 amide bonds. The molecule has 0 saturated carbocycles. The van der Waals surface area contributed by atoms with Crippen LogP contribution in [0.4, 0.5) is 4.39 Å². The smallest absolute Gasteiger partial charge is 0.224 e. The molecule has 0 aliphatic rings. The van der Waals surface area contributed by atoms with Gasteiger partial charge in [0.1, 0.15) is 5.82 Å². The second-order valence-corrected chi connectivity index (χ2v) is 5.43. The topological polar surface area (TPSA) is 79.5 Å². The van der Waals surface area contributed by atoms with Gasteiger partial charge in [-0.1, -0.05) is 12.1 Å². The first-order valence-electron chi connectivity index (χ1n) is 6.91. The van der Waals surface area contributed by atoms with Crippen molar-refractivity contribution in [3.05, 3.63) is 35.6 Å². The van der Waals surface area contributed by atoms with Crippen LogP contribution in [-0.2, 0) is 11.3 Å². The highest BCUT2D eigenvalue weighted by Gasteiger charge is 2.24. The van der Waals surface area contributed by atoms with E-state index in [-0.39, 0.29) is 35.7 Å². The van der Waals surface area contributed by atoms with Crippen LogP contribution < -0.4 is 16.4 Å². The number of guanidine groups is 1. The Labute approximate surface area is 148 Å². The molecule has 0 bridgehead atoms. The van der Waals surface area contributed by atoms with Crippen molar-refractivity contribution in [2.45, 2.75) is 27.3 Å². The van der Waals surface area contributed by atoms with E-state index < -0.39 is 5.41 Å². The van der Waals surface area contributed by atoms with Crippen LogP contribution >= 0.6 is 24.0 Å². The number of carbonyl (C=O) groups excluding carboxylic acids is 1. The molecule has 0 heterocycles. The zero-order valence-electron chi connectivity index (χ0n) is 13.1. The first kappa shape index (κ1) is 20.6. The minimum Gasteiger partial charge on any atom is -0.369 e. The molecule has 0 spiro atoms. The van der Waals surface area contributed by atoms with Gasteiger partial charge in [0.25, 0.3) is 0 Å². The summed E-state index contributed by atoms with van der Waals surface area (Å²) in [4.78, 5) is 15.7. The van der Waals surface area contributed by atoms with Crippen molar-refractivity contribution in [1.82, 2.24) is 10.6 Å². The van der Waals surface area contributed by atoms with Crippen molar-refractivity contribution in [2.24, 2.45) is 16.1 Å². The summed E-state index contributed by atoms with van der Waals surface area (Å²) in [6.07, 6.45) is 0.